The van der Waals surface area contributed by atoms with Gasteiger partial charge in [0.15, 0.2) is 10.1 Å². The molecule has 118 valence electrons. The Kier molecular flexibility index (Phi) is 4.98. The molecule has 0 aromatic carbocycles. The van der Waals surface area contributed by atoms with Crippen LogP contribution in [-0.4, -0.2) is 44.4 Å². The number of ether oxygens (including phenoxy) is 1. The molecule has 0 radical (unpaired) electrons. The molecule has 1 rings (SSSR count). The van der Waals surface area contributed by atoms with Crippen molar-refractivity contribution in [2.45, 2.75) is 63.4 Å². The number of rotatable bonds is 3. The molecule has 2 atom stereocenters. The lowest BCUT2D eigenvalue weighted by molar-refractivity contribution is -0.166. The van der Waals surface area contributed by atoms with Gasteiger partial charge in [0, 0.05) is 6.42 Å². The first-order valence-corrected chi connectivity index (χ1v) is 7.46. The number of ketones is 1. The van der Waals surface area contributed by atoms with Gasteiger partial charge >= 0.3 is 5.97 Å². The molecule has 0 saturated carbocycles. The van der Waals surface area contributed by atoms with E-state index in [-0.39, 0.29) is 12.8 Å². The van der Waals surface area contributed by atoms with E-state index in [9.17, 15) is 19.2 Å². The number of nitrogens with zero attached hydrogens (tertiary/aromatic N) is 1. The number of carbonyl (C=O) groups is 4. The molecule has 1 fully saturated rings. The number of alkyl halides is 1. The van der Waals surface area contributed by atoms with E-state index in [0.717, 1.165) is 4.90 Å². The number of carbonyl (C=O) groups excluding carboxylic acids is 4. The van der Waals surface area contributed by atoms with Crippen LogP contribution in [0.3, 0.4) is 0 Å². The lowest BCUT2D eigenvalue weighted by atomic mass is 10.1. The molecule has 0 aliphatic carbocycles. The molecular weight excluding hydrogens is 342 g/mol. The highest BCUT2D eigenvalue weighted by atomic mass is 79.9. The van der Waals surface area contributed by atoms with E-state index in [1.165, 1.54) is 13.8 Å². The largest absolute Gasteiger partial charge is 0.458 e. The molecular formula is C14H20BrNO5. The third-order valence-electron chi connectivity index (χ3n) is 3.17. The van der Waals surface area contributed by atoms with Gasteiger partial charge < -0.3 is 4.74 Å². The Balaban J connectivity index is 3.03. The number of likely N-dealkylation sites (tertiary alicyclic amines) is 1. The minimum atomic E-state index is -1.52. The quantitative estimate of drug-likeness (QED) is 0.433. The van der Waals surface area contributed by atoms with Crippen LogP contribution in [0.5, 0.6) is 0 Å². The van der Waals surface area contributed by atoms with Crippen molar-refractivity contribution in [1.29, 1.82) is 0 Å². The van der Waals surface area contributed by atoms with E-state index in [1.54, 1.807) is 20.8 Å². The van der Waals surface area contributed by atoms with Crippen LogP contribution in [0.4, 0.5) is 0 Å². The Hall–Kier alpha value is -1.24. The second-order valence-electron chi connectivity index (χ2n) is 6.22. The lowest BCUT2D eigenvalue weighted by Gasteiger charge is -2.30. The van der Waals surface area contributed by atoms with Crippen LogP contribution in [0, 0.1) is 0 Å². The highest BCUT2D eigenvalue weighted by Gasteiger charge is 2.49. The Morgan fingerprint density at radius 1 is 1.24 bits per heavy atom. The molecule has 0 spiro atoms. The number of halogens is 1. The van der Waals surface area contributed by atoms with Gasteiger partial charge in [0.25, 0.3) is 5.91 Å². The minimum absolute atomic E-state index is 0.0800. The average molecular weight is 362 g/mol. The molecule has 2 amide bonds. The maximum atomic E-state index is 12.4. The fourth-order valence-electron chi connectivity index (χ4n) is 1.91. The molecule has 1 saturated heterocycles. The molecule has 7 heteroatoms. The Bertz CT molecular complexity index is 492. The number of esters is 1. The Labute approximate surface area is 132 Å². The molecule has 0 aromatic rings. The van der Waals surface area contributed by atoms with Crippen molar-refractivity contribution >= 4 is 39.5 Å². The molecule has 1 unspecified atom stereocenters. The minimum Gasteiger partial charge on any atom is -0.458 e. The summed E-state index contributed by atoms with van der Waals surface area (Å²) < 4.78 is 3.72. The van der Waals surface area contributed by atoms with Crippen molar-refractivity contribution < 1.29 is 23.9 Å². The zero-order chi connectivity index (χ0) is 16.6. The van der Waals surface area contributed by atoms with Gasteiger partial charge in [0.2, 0.25) is 5.91 Å². The summed E-state index contributed by atoms with van der Waals surface area (Å²) in [5.74, 6) is -2.26. The van der Waals surface area contributed by atoms with Crippen molar-refractivity contribution in [2.75, 3.05) is 0 Å². The first-order chi connectivity index (χ1) is 9.38. The van der Waals surface area contributed by atoms with Gasteiger partial charge in [-0.15, -0.1) is 0 Å². The number of amides is 2. The van der Waals surface area contributed by atoms with Crippen molar-refractivity contribution in [3.8, 4) is 0 Å². The fraction of sp³-hybridized carbons (Fsp3) is 0.714. The molecule has 0 N–H and O–H groups in total. The lowest BCUT2D eigenvalue weighted by Crippen LogP contribution is -2.53. The van der Waals surface area contributed by atoms with Crippen molar-refractivity contribution in [3.63, 3.8) is 0 Å². The van der Waals surface area contributed by atoms with Crippen LogP contribution >= 0.6 is 15.9 Å². The third kappa shape index (κ3) is 3.90. The summed E-state index contributed by atoms with van der Waals surface area (Å²) >= 11 is 3.04. The fourth-order valence-corrected chi connectivity index (χ4v) is 2.10. The molecule has 1 aliphatic heterocycles. The smallest absolute Gasteiger partial charge is 0.329 e. The monoisotopic (exact) mass is 361 g/mol. The van der Waals surface area contributed by atoms with Crippen LogP contribution in [0.1, 0.15) is 47.5 Å². The standard InChI is InChI=1S/C14H20BrNO5/c1-8(17)14(5,15)12(20)16-9(6-7-10(16)18)11(19)21-13(2,3)4/h9H,6-7H2,1-5H3/t9-,14?/m0/s1. The summed E-state index contributed by atoms with van der Waals surface area (Å²) in [4.78, 5) is 48.9. The van der Waals surface area contributed by atoms with Crippen LogP contribution in [0.15, 0.2) is 0 Å². The molecule has 1 heterocycles. The highest BCUT2D eigenvalue weighted by molar-refractivity contribution is 9.10. The maximum Gasteiger partial charge on any atom is 0.329 e. The van der Waals surface area contributed by atoms with E-state index < -0.39 is 39.5 Å². The Morgan fingerprint density at radius 3 is 2.19 bits per heavy atom. The first kappa shape index (κ1) is 17.8. The van der Waals surface area contributed by atoms with Crippen LogP contribution in [0.25, 0.3) is 0 Å². The van der Waals surface area contributed by atoms with Crippen LogP contribution < -0.4 is 0 Å². The summed E-state index contributed by atoms with van der Waals surface area (Å²) in [7, 11) is 0. The van der Waals surface area contributed by atoms with Crippen LogP contribution in [0.2, 0.25) is 0 Å². The third-order valence-corrected chi connectivity index (χ3v) is 4.07. The van der Waals surface area contributed by atoms with Gasteiger partial charge in [0.05, 0.1) is 0 Å². The van der Waals surface area contributed by atoms with Gasteiger partial charge in [-0.3, -0.25) is 19.3 Å². The average Bonchev–Trinajstić information content (AvgIpc) is 2.67. The molecule has 1 aliphatic rings. The second kappa shape index (κ2) is 5.87. The highest BCUT2D eigenvalue weighted by Crippen LogP contribution is 2.29. The van der Waals surface area contributed by atoms with Gasteiger partial charge in [-0.25, -0.2) is 4.79 Å². The van der Waals surface area contributed by atoms with Gasteiger partial charge in [-0.1, -0.05) is 15.9 Å². The normalized spacial score (nSPS) is 21.9. The number of hydrogen-bond acceptors (Lipinski definition) is 5. The van der Waals surface area contributed by atoms with E-state index in [4.69, 9.17) is 4.74 Å². The zero-order valence-electron chi connectivity index (χ0n) is 12.9. The van der Waals surface area contributed by atoms with Crippen molar-refractivity contribution in [1.82, 2.24) is 4.90 Å². The summed E-state index contributed by atoms with van der Waals surface area (Å²) in [6.45, 7) is 7.74. The first-order valence-electron chi connectivity index (χ1n) is 6.67. The molecule has 0 bridgehead atoms. The van der Waals surface area contributed by atoms with E-state index in [0.29, 0.717) is 0 Å². The van der Waals surface area contributed by atoms with Gasteiger partial charge in [0.1, 0.15) is 11.6 Å². The number of hydrogen-bond donors (Lipinski definition) is 0. The summed E-state index contributed by atoms with van der Waals surface area (Å²) in [5, 5.41) is 0. The summed E-state index contributed by atoms with van der Waals surface area (Å²) in [6.07, 6.45) is 0.289. The SMILES string of the molecule is CC(=O)C(C)(Br)C(=O)N1C(=O)CC[C@H]1C(=O)OC(C)(C)C. The number of Topliss-reactive ketones (excluding diaryl/α,β-unsaturated/α-hetero) is 1. The van der Waals surface area contributed by atoms with Gasteiger partial charge in [-0.2, -0.15) is 0 Å². The van der Waals surface area contributed by atoms with E-state index in [2.05, 4.69) is 15.9 Å². The molecule has 21 heavy (non-hydrogen) atoms. The zero-order valence-corrected chi connectivity index (χ0v) is 14.4. The van der Waals surface area contributed by atoms with E-state index in [1.807, 2.05) is 0 Å². The molecule has 6 nitrogen and oxygen atoms in total. The number of imide groups is 1. The van der Waals surface area contributed by atoms with Crippen LogP contribution in [-0.2, 0) is 23.9 Å². The van der Waals surface area contributed by atoms with Gasteiger partial charge in [-0.05, 0) is 41.0 Å². The Morgan fingerprint density at radius 2 is 1.76 bits per heavy atom. The second-order valence-corrected chi connectivity index (χ2v) is 7.80. The predicted octanol–water partition coefficient (Wildman–Crippen LogP) is 1.59. The van der Waals surface area contributed by atoms with E-state index >= 15 is 0 Å². The molecule has 0 aromatic heterocycles. The summed E-state index contributed by atoms with van der Waals surface area (Å²) in [5.41, 5.74) is -0.713. The van der Waals surface area contributed by atoms with Crippen molar-refractivity contribution in [2.24, 2.45) is 0 Å². The maximum absolute atomic E-state index is 12.4. The predicted molar refractivity (Wildman–Crippen MR) is 78.7 cm³/mol. The topological polar surface area (TPSA) is 80.8 Å². The summed E-state index contributed by atoms with van der Waals surface area (Å²) in [6, 6.07) is -0.972. The van der Waals surface area contributed by atoms with Crippen molar-refractivity contribution in [3.05, 3.63) is 0 Å².